The number of ether oxygens (including phenoxy) is 2. The number of nitrogens with zero attached hydrogens (tertiary/aromatic N) is 2. The molecule has 2 aliphatic heterocycles. The number of aliphatic hydroxyl groups excluding tert-OH is 1. The SMILES string of the molecule is COc1cc(CN2C[C@H]3CN(CCO)C[C@@]3(C(=O)O)C2)cc(Cl)c1OC. The van der Waals surface area contributed by atoms with E-state index in [2.05, 4.69) is 4.90 Å². The molecule has 1 aromatic rings. The second kappa shape index (κ2) is 7.60. The molecule has 7 nitrogen and oxygen atoms in total. The second-order valence-electron chi connectivity index (χ2n) is 7.10. The van der Waals surface area contributed by atoms with Gasteiger partial charge in [0.05, 0.1) is 31.3 Å². The molecule has 0 unspecified atom stereocenters. The van der Waals surface area contributed by atoms with E-state index in [1.165, 1.54) is 0 Å². The van der Waals surface area contributed by atoms with Crippen LogP contribution < -0.4 is 9.47 Å². The summed E-state index contributed by atoms with van der Waals surface area (Å²) in [6.45, 7) is 3.56. The maximum Gasteiger partial charge on any atom is 0.312 e. The Morgan fingerprint density at radius 2 is 1.96 bits per heavy atom. The number of hydrogen-bond donors (Lipinski definition) is 2. The van der Waals surface area contributed by atoms with Crippen molar-refractivity contribution >= 4 is 17.6 Å². The minimum absolute atomic E-state index is 0.0519. The number of rotatable bonds is 7. The molecule has 0 spiro atoms. The summed E-state index contributed by atoms with van der Waals surface area (Å²) in [6, 6.07) is 3.72. The second-order valence-corrected chi connectivity index (χ2v) is 7.51. The summed E-state index contributed by atoms with van der Waals surface area (Å²) in [4.78, 5) is 16.2. The van der Waals surface area contributed by atoms with Gasteiger partial charge >= 0.3 is 5.97 Å². The van der Waals surface area contributed by atoms with Gasteiger partial charge in [-0.05, 0) is 17.7 Å². The van der Waals surface area contributed by atoms with E-state index in [-0.39, 0.29) is 12.5 Å². The Morgan fingerprint density at radius 1 is 1.27 bits per heavy atom. The van der Waals surface area contributed by atoms with Crippen LogP contribution in [0, 0.1) is 11.3 Å². The summed E-state index contributed by atoms with van der Waals surface area (Å²) in [5, 5.41) is 19.5. The van der Waals surface area contributed by atoms with Gasteiger partial charge in [-0.2, -0.15) is 0 Å². The smallest absolute Gasteiger partial charge is 0.312 e. The molecule has 2 heterocycles. The monoisotopic (exact) mass is 384 g/mol. The van der Waals surface area contributed by atoms with Gasteiger partial charge in [0.1, 0.15) is 0 Å². The Kier molecular flexibility index (Phi) is 5.62. The molecule has 0 aliphatic carbocycles. The van der Waals surface area contributed by atoms with Crippen LogP contribution in [0.5, 0.6) is 11.5 Å². The number of aliphatic carboxylic acids is 1. The summed E-state index contributed by atoms with van der Waals surface area (Å²) in [5.41, 5.74) is 0.190. The van der Waals surface area contributed by atoms with Gasteiger partial charge in [-0.3, -0.25) is 14.6 Å². The number of fused-ring (bicyclic) bond motifs is 1. The Bertz CT molecular complexity index is 686. The van der Waals surface area contributed by atoms with Gasteiger partial charge in [0.15, 0.2) is 11.5 Å². The lowest BCUT2D eigenvalue weighted by atomic mass is 9.81. The number of hydrogen-bond acceptors (Lipinski definition) is 6. The number of likely N-dealkylation sites (tertiary alicyclic amines) is 2. The predicted molar refractivity (Wildman–Crippen MR) is 96.9 cm³/mol. The molecule has 3 rings (SSSR count). The lowest BCUT2D eigenvalue weighted by molar-refractivity contribution is -0.149. The third-order valence-corrected chi connectivity index (χ3v) is 5.77. The van der Waals surface area contributed by atoms with Crippen LogP contribution in [-0.4, -0.2) is 79.5 Å². The predicted octanol–water partition coefficient (Wildman–Crippen LogP) is 1.17. The molecule has 0 aromatic heterocycles. The molecule has 8 heteroatoms. The zero-order chi connectivity index (χ0) is 18.9. The van der Waals surface area contributed by atoms with E-state index < -0.39 is 11.4 Å². The van der Waals surface area contributed by atoms with E-state index in [9.17, 15) is 9.90 Å². The third-order valence-electron chi connectivity index (χ3n) is 5.49. The van der Waals surface area contributed by atoms with Gasteiger partial charge in [0.25, 0.3) is 0 Å². The van der Waals surface area contributed by atoms with Crippen molar-refractivity contribution in [1.29, 1.82) is 0 Å². The van der Waals surface area contributed by atoms with Crippen LogP contribution in [0.2, 0.25) is 5.02 Å². The van der Waals surface area contributed by atoms with E-state index in [0.717, 1.165) is 5.56 Å². The zero-order valence-corrected chi connectivity index (χ0v) is 15.8. The Labute approximate surface area is 158 Å². The lowest BCUT2D eigenvalue weighted by Gasteiger charge is -2.25. The molecule has 0 radical (unpaired) electrons. The van der Waals surface area contributed by atoms with Gasteiger partial charge in [0.2, 0.25) is 0 Å². The average Bonchev–Trinajstić information content (AvgIpc) is 3.09. The van der Waals surface area contributed by atoms with Gasteiger partial charge in [-0.25, -0.2) is 0 Å². The largest absolute Gasteiger partial charge is 0.493 e. The fraction of sp³-hybridized carbons (Fsp3) is 0.611. The minimum Gasteiger partial charge on any atom is -0.493 e. The van der Waals surface area contributed by atoms with Crippen LogP contribution in [0.15, 0.2) is 12.1 Å². The van der Waals surface area contributed by atoms with Crippen LogP contribution in [0.3, 0.4) is 0 Å². The number of β-amino-alcohol motifs (C(OH)–C–C–N with tert-alkyl or cyclic N) is 1. The molecule has 144 valence electrons. The van der Waals surface area contributed by atoms with Crippen LogP contribution >= 0.6 is 11.6 Å². The van der Waals surface area contributed by atoms with Gasteiger partial charge in [-0.1, -0.05) is 11.6 Å². The first kappa shape index (κ1) is 19.2. The normalized spacial score (nSPS) is 26.1. The van der Waals surface area contributed by atoms with Crippen molar-refractivity contribution in [3.63, 3.8) is 0 Å². The van der Waals surface area contributed by atoms with E-state index in [4.69, 9.17) is 26.2 Å². The molecule has 0 saturated carbocycles. The minimum atomic E-state index is -0.768. The van der Waals surface area contributed by atoms with E-state index in [1.54, 1.807) is 14.2 Å². The number of carboxylic acid groups (broad SMARTS) is 1. The number of carboxylic acids is 1. The molecular weight excluding hydrogens is 360 g/mol. The highest BCUT2D eigenvalue weighted by atomic mass is 35.5. The van der Waals surface area contributed by atoms with E-state index >= 15 is 0 Å². The van der Waals surface area contributed by atoms with Gasteiger partial charge in [-0.15, -0.1) is 0 Å². The van der Waals surface area contributed by atoms with Gasteiger partial charge in [0, 0.05) is 45.2 Å². The molecule has 26 heavy (non-hydrogen) atoms. The molecule has 1 aromatic carbocycles. The fourth-order valence-corrected chi connectivity index (χ4v) is 4.64. The zero-order valence-electron chi connectivity index (χ0n) is 15.1. The summed E-state index contributed by atoms with van der Waals surface area (Å²) in [7, 11) is 3.10. The molecule has 2 aliphatic rings. The first-order chi connectivity index (χ1) is 12.4. The van der Waals surface area contributed by atoms with Crippen molar-refractivity contribution in [1.82, 2.24) is 9.80 Å². The molecule has 2 atom stereocenters. The maximum atomic E-state index is 12.0. The molecular formula is C18H25ClN2O5. The summed E-state index contributed by atoms with van der Waals surface area (Å²) in [5.74, 6) is 0.368. The average molecular weight is 385 g/mol. The molecule has 0 bridgehead atoms. The molecule has 2 N–H and O–H groups in total. The fourth-order valence-electron chi connectivity index (χ4n) is 4.33. The number of carbonyl (C=O) groups is 1. The topological polar surface area (TPSA) is 82.5 Å². The van der Waals surface area contributed by atoms with Crippen LogP contribution in [0.4, 0.5) is 0 Å². The number of methoxy groups -OCH3 is 2. The van der Waals surface area contributed by atoms with E-state index in [1.807, 2.05) is 17.0 Å². The summed E-state index contributed by atoms with van der Waals surface area (Å²) < 4.78 is 10.6. The molecule has 2 saturated heterocycles. The van der Waals surface area contributed by atoms with Gasteiger partial charge < -0.3 is 19.7 Å². The third kappa shape index (κ3) is 3.36. The quantitative estimate of drug-likeness (QED) is 0.730. The highest BCUT2D eigenvalue weighted by Gasteiger charge is 2.57. The Morgan fingerprint density at radius 3 is 2.54 bits per heavy atom. The lowest BCUT2D eigenvalue weighted by Crippen LogP contribution is -2.41. The first-order valence-corrected chi connectivity index (χ1v) is 9.00. The first-order valence-electron chi connectivity index (χ1n) is 8.63. The molecule has 2 fully saturated rings. The van der Waals surface area contributed by atoms with Crippen LogP contribution in [0.1, 0.15) is 5.56 Å². The van der Waals surface area contributed by atoms with Crippen molar-refractivity contribution in [2.24, 2.45) is 11.3 Å². The van der Waals surface area contributed by atoms with Crippen LogP contribution in [-0.2, 0) is 11.3 Å². The Balaban J connectivity index is 1.76. The number of benzene rings is 1. The van der Waals surface area contributed by atoms with Crippen molar-refractivity contribution in [3.05, 3.63) is 22.7 Å². The standard InChI is InChI=1S/C18H25ClN2O5/c1-25-15-6-12(5-14(19)16(15)26-2)7-21-9-13-8-20(3-4-22)10-18(13,11-21)17(23)24/h5-6,13,22H,3-4,7-11H2,1-2H3,(H,23,24)/t13-,18-/m1/s1. The van der Waals surface area contributed by atoms with Crippen LogP contribution in [0.25, 0.3) is 0 Å². The van der Waals surface area contributed by atoms with E-state index in [0.29, 0.717) is 55.8 Å². The molecule has 0 amide bonds. The van der Waals surface area contributed by atoms with Crippen molar-refractivity contribution < 1.29 is 24.5 Å². The highest BCUT2D eigenvalue weighted by Crippen LogP contribution is 2.44. The Hall–Kier alpha value is -1.54. The number of halogens is 1. The van der Waals surface area contributed by atoms with Crippen molar-refractivity contribution in [3.8, 4) is 11.5 Å². The van der Waals surface area contributed by atoms with Crippen molar-refractivity contribution in [2.75, 3.05) is 53.6 Å². The van der Waals surface area contributed by atoms with Crippen molar-refractivity contribution in [2.45, 2.75) is 6.54 Å². The highest BCUT2D eigenvalue weighted by molar-refractivity contribution is 6.32. The summed E-state index contributed by atoms with van der Waals surface area (Å²) in [6.07, 6.45) is 0. The maximum absolute atomic E-state index is 12.0. The number of aliphatic hydroxyl groups is 1. The summed E-state index contributed by atoms with van der Waals surface area (Å²) >= 11 is 6.28.